The summed E-state index contributed by atoms with van der Waals surface area (Å²) in [5.41, 5.74) is 3.13. The van der Waals surface area contributed by atoms with Crippen LogP contribution in [0.1, 0.15) is 63.5 Å². The molecule has 1 aromatic rings. The molecule has 236 valence electrons. The van der Waals surface area contributed by atoms with Crippen LogP contribution in [-0.4, -0.2) is 54.2 Å². The first-order valence-corrected chi connectivity index (χ1v) is 18.0. The third kappa shape index (κ3) is 7.07. The first-order chi connectivity index (χ1) is 21.1. The molecule has 0 aliphatic carbocycles. The SMILES string of the molecule is C=CCCCCC([C@H]1CC2=C(C3=NC(CCC(C)F)C=C3)[C@H](c3ccc(F)cc3Cl)N=C(C3NC=CS3)N2C1)S(=O)(=O)C=C. The maximum absolute atomic E-state index is 14.2. The molecule has 0 saturated carbocycles. The second kappa shape index (κ2) is 14.2. The van der Waals surface area contributed by atoms with Gasteiger partial charge in [0.05, 0.1) is 23.2 Å². The van der Waals surface area contributed by atoms with Crippen LogP contribution < -0.4 is 5.32 Å². The van der Waals surface area contributed by atoms with E-state index in [9.17, 15) is 17.2 Å². The number of alkyl halides is 1. The third-order valence-electron chi connectivity index (χ3n) is 8.59. The van der Waals surface area contributed by atoms with Crippen LogP contribution in [0.4, 0.5) is 8.78 Å². The highest BCUT2D eigenvalue weighted by Crippen LogP contribution is 2.47. The van der Waals surface area contributed by atoms with Crippen LogP contribution in [0.15, 0.2) is 87.9 Å². The highest BCUT2D eigenvalue weighted by Gasteiger charge is 2.46. The summed E-state index contributed by atoms with van der Waals surface area (Å²) in [4.78, 5) is 12.4. The lowest BCUT2D eigenvalue weighted by Gasteiger charge is -2.35. The van der Waals surface area contributed by atoms with Crippen LogP contribution in [0.3, 0.4) is 0 Å². The van der Waals surface area contributed by atoms with Crippen LogP contribution in [0, 0.1) is 11.7 Å². The van der Waals surface area contributed by atoms with Crippen molar-refractivity contribution < 1.29 is 17.2 Å². The fourth-order valence-corrected chi connectivity index (χ4v) is 8.92. The van der Waals surface area contributed by atoms with E-state index in [1.54, 1.807) is 24.8 Å². The van der Waals surface area contributed by atoms with E-state index in [1.807, 2.05) is 29.8 Å². The number of amidine groups is 1. The molecule has 1 fully saturated rings. The standard InChI is InChI=1S/C33H39ClF2N4O2S2/c1-4-6-7-8-9-29(44(41,42)5-2)22-18-28-30(27-15-13-24(38-27)12-10-21(3)35)31(25-14-11-23(36)19-26(25)34)39-32(40(28)20-22)33-37-16-17-43-33/h4-5,11,13-17,19,21-22,24,29,31,33,37H,1-2,6-10,12,18,20H2,3H3/t21?,22-,24?,29?,31-,33?/m0/s1. The zero-order chi connectivity index (χ0) is 31.4. The number of fused-ring (bicyclic) bond motifs is 1. The molecule has 6 atom stereocenters. The summed E-state index contributed by atoms with van der Waals surface area (Å²) >= 11 is 8.24. The maximum Gasteiger partial charge on any atom is 0.174 e. The Balaban J connectivity index is 1.61. The number of hydrogen-bond acceptors (Lipinski definition) is 7. The fraction of sp³-hybridized carbons (Fsp3) is 0.455. The Morgan fingerprint density at radius 2 is 2.07 bits per heavy atom. The van der Waals surface area contributed by atoms with Gasteiger partial charge < -0.3 is 10.2 Å². The van der Waals surface area contributed by atoms with Crippen molar-refractivity contribution in [2.45, 2.75) is 80.7 Å². The number of sulfone groups is 1. The number of benzene rings is 1. The first-order valence-electron chi connectivity index (χ1n) is 15.1. The predicted molar refractivity (Wildman–Crippen MR) is 179 cm³/mol. The molecule has 0 aromatic heterocycles. The lowest BCUT2D eigenvalue weighted by Crippen LogP contribution is -2.44. The van der Waals surface area contributed by atoms with Crippen molar-refractivity contribution in [1.29, 1.82) is 0 Å². The van der Waals surface area contributed by atoms with E-state index in [0.717, 1.165) is 47.5 Å². The average molecular weight is 661 g/mol. The van der Waals surface area contributed by atoms with Gasteiger partial charge in [0.2, 0.25) is 0 Å². The quantitative estimate of drug-likeness (QED) is 0.163. The summed E-state index contributed by atoms with van der Waals surface area (Å²) in [6.45, 7) is 9.45. The zero-order valence-electron chi connectivity index (χ0n) is 24.8. The van der Waals surface area contributed by atoms with Crippen LogP contribution >= 0.6 is 23.4 Å². The molecule has 5 rings (SSSR count). The normalized spacial score (nSPS) is 25.9. The lowest BCUT2D eigenvalue weighted by atomic mass is 9.89. The smallest absolute Gasteiger partial charge is 0.174 e. The molecule has 4 aliphatic rings. The Morgan fingerprint density at radius 3 is 2.75 bits per heavy atom. The van der Waals surface area contributed by atoms with Gasteiger partial charge in [0, 0.05) is 40.0 Å². The summed E-state index contributed by atoms with van der Waals surface area (Å²) in [6.07, 6.45) is 11.2. The molecule has 0 spiro atoms. The second-order valence-corrected chi connectivity index (χ2v) is 15.2. The van der Waals surface area contributed by atoms with Crippen molar-refractivity contribution in [3.63, 3.8) is 0 Å². The molecular formula is C33H39ClF2N4O2S2. The minimum atomic E-state index is -3.58. The third-order valence-corrected chi connectivity index (χ3v) is 11.8. The van der Waals surface area contributed by atoms with Gasteiger partial charge in [-0.1, -0.05) is 54.6 Å². The number of aliphatic imine (C=N–C) groups is 2. The summed E-state index contributed by atoms with van der Waals surface area (Å²) in [5, 5.41) is 5.87. The van der Waals surface area contributed by atoms with Crippen molar-refractivity contribution in [1.82, 2.24) is 10.2 Å². The fourth-order valence-electron chi connectivity index (χ4n) is 6.41. The van der Waals surface area contributed by atoms with Crippen LogP contribution in [0.2, 0.25) is 5.02 Å². The average Bonchev–Trinajstić information content (AvgIpc) is 3.77. The number of allylic oxidation sites excluding steroid dienone is 3. The monoisotopic (exact) mass is 660 g/mol. The van der Waals surface area contributed by atoms with Gasteiger partial charge in [0.1, 0.15) is 23.1 Å². The van der Waals surface area contributed by atoms with Crippen molar-refractivity contribution in [3.8, 4) is 0 Å². The predicted octanol–water partition coefficient (Wildman–Crippen LogP) is 7.83. The minimum absolute atomic E-state index is 0.174. The van der Waals surface area contributed by atoms with E-state index in [2.05, 4.69) is 23.4 Å². The van der Waals surface area contributed by atoms with Crippen molar-refractivity contribution in [2.75, 3.05) is 6.54 Å². The van der Waals surface area contributed by atoms with E-state index >= 15 is 0 Å². The van der Waals surface area contributed by atoms with Gasteiger partial charge in [-0.05, 0) is 75.0 Å². The highest BCUT2D eigenvalue weighted by molar-refractivity contribution is 8.03. The minimum Gasteiger partial charge on any atom is -0.372 e. The van der Waals surface area contributed by atoms with E-state index in [4.69, 9.17) is 21.6 Å². The lowest BCUT2D eigenvalue weighted by molar-refractivity contribution is 0.331. The van der Waals surface area contributed by atoms with Gasteiger partial charge in [0.25, 0.3) is 0 Å². The molecule has 0 bridgehead atoms. The molecular weight excluding hydrogens is 622 g/mol. The van der Waals surface area contributed by atoms with Crippen molar-refractivity contribution in [3.05, 3.63) is 94.3 Å². The van der Waals surface area contributed by atoms with Gasteiger partial charge >= 0.3 is 0 Å². The van der Waals surface area contributed by atoms with E-state index in [1.165, 1.54) is 12.1 Å². The molecule has 0 amide bonds. The summed E-state index contributed by atoms with van der Waals surface area (Å²) in [7, 11) is -3.58. The summed E-state index contributed by atoms with van der Waals surface area (Å²) < 4.78 is 54.7. The second-order valence-electron chi connectivity index (χ2n) is 11.6. The maximum atomic E-state index is 14.2. The van der Waals surface area contributed by atoms with E-state index < -0.39 is 33.1 Å². The first kappa shape index (κ1) is 32.7. The highest BCUT2D eigenvalue weighted by atomic mass is 35.5. The molecule has 4 heterocycles. The topological polar surface area (TPSA) is 74.1 Å². The number of halogens is 3. The Bertz CT molecular complexity index is 1530. The van der Waals surface area contributed by atoms with Crippen LogP contribution in [0.25, 0.3) is 0 Å². The van der Waals surface area contributed by atoms with Gasteiger partial charge in [-0.3, -0.25) is 9.98 Å². The molecule has 1 N–H and O–H groups in total. The number of hydrogen-bond donors (Lipinski definition) is 1. The molecule has 44 heavy (non-hydrogen) atoms. The Kier molecular flexibility index (Phi) is 10.5. The van der Waals surface area contributed by atoms with Gasteiger partial charge in [-0.25, -0.2) is 17.2 Å². The largest absolute Gasteiger partial charge is 0.372 e. The molecule has 1 aromatic carbocycles. The van der Waals surface area contributed by atoms with Crippen molar-refractivity contribution in [2.24, 2.45) is 15.9 Å². The zero-order valence-corrected chi connectivity index (χ0v) is 27.2. The van der Waals surface area contributed by atoms with Crippen molar-refractivity contribution >= 4 is 44.7 Å². The Hall–Kier alpha value is -2.69. The number of nitrogens with zero attached hydrogens (tertiary/aromatic N) is 3. The summed E-state index contributed by atoms with van der Waals surface area (Å²) in [5.74, 6) is 0.103. The molecule has 11 heteroatoms. The number of nitrogens with one attached hydrogen (secondary N) is 1. The van der Waals surface area contributed by atoms with Gasteiger partial charge in [0.15, 0.2) is 9.84 Å². The molecule has 1 saturated heterocycles. The van der Waals surface area contributed by atoms with Crippen LogP contribution in [-0.2, 0) is 9.84 Å². The number of unbranched alkanes of at least 4 members (excludes halogenated alkanes) is 2. The Morgan fingerprint density at radius 1 is 1.25 bits per heavy atom. The van der Waals surface area contributed by atoms with Gasteiger partial charge in [-0.2, -0.15) is 0 Å². The molecule has 6 nitrogen and oxygen atoms in total. The number of rotatable bonds is 14. The molecule has 0 radical (unpaired) electrons. The van der Waals surface area contributed by atoms with E-state index in [-0.39, 0.29) is 22.4 Å². The Labute approximate surface area is 268 Å². The number of thioether (sulfide) groups is 1. The van der Waals surface area contributed by atoms with Crippen LogP contribution in [0.5, 0.6) is 0 Å². The molecule has 4 unspecified atom stereocenters. The van der Waals surface area contributed by atoms with E-state index in [0.29, 0.717) is 37.8 Å². The van der Waals surface area contributed by atoms with Gasteiger partial charge in [-0.15, -0.1) is 6.58 Å². The molecule has 4 aliphatic heterocycles. The summed E-state index contributed by atoms with van der Waals surface area (Å²) in [6, 6.07) is 3.56.